The van der Waals surface area contributed by atoms with Crippen molar-refractivity contribution in [1.82, 2.24) is 4.90 Å². The number of hydrogen-bond donors (Lipinski definition) is 1. The third kappa shape index (κ3) is 2.12. The van der Waals surface area contributed by atoms with Gasteiger partial charge in [0.05, 0.1) is 6.10 Å². The van der Waals surface area contributed by atoms with Crippen LogP contribution in [-0.4, -0.2) is 35.1 Å². The number of benzene rings is 1. The fourth-order valence-electron chi connectivity index (χ4n) is 2.72. The average molecular weight is 249 g/mol. The predicted octanol–water partition coefficient (Wildman–Crippen LogP) is 1.52. The van der Waals surface area contributed by atoms with Gasteiger partial charge < -0.3 is 10.0 Å². The van der Waals surface area contributed by atoms with Gasteiger partial charge in [-0.15, -0.1) is 0 Å². The van der Waals surface area contributed by atoms with E-state index in [1.165, 1.54) is 12.1 Å². The molecule has 96 valence electrons. The highest BCUT2D eigenvalue weighted by Crippen LogP contribution is 2.48. The summed E-state index contributed by atoms with van der Waals surface area (Å²) >= 11 is 0. The molecule has 1 amide bonds. The molecule has 3 rings (SSSR count). The molecule has 0 radical (unpaired) electrons. The molecular weight excluding hydrogens is 233 g/mol. The van der Waals surface area contributed by atoms with Gasteiger partial charge in [0.2, 0.25) is 5.91 Å². The SMILES string of the molecule is O=C(C1CC1c1ccc(F)cc1)N1CC[C@H](O)C1. The molecule has 1 aromatic carbocycles. The lowest BCUT2D eigenvalue weighted by atomic mass is 10.1. The predicted molar refractivity (Wildman–Crippen MR) is 64.5 cm³/mol. The first-order valence-electron chi connectivity index (χ1n) is 6.37. The normalized spacial score (nSPS) is 30.6. The largest absolute Gasteiger partial charge is 0.391 e. The van der Waals surface area contributed by atoms with Crippen LogP contribution in [0.2, 0.25) is 0 Å². The Morgan fingerprint density at radius 1 is 1.33 bits per heavy atom. The first-order chi connectivity index (χ1) is 8.65. The summed E-state index contributed by atoms with van der Waals surface area (Å²) in [5.74, 6) is 0.155. The fraction of sp³-hybridized carbons (Fsp3) is 0.500. The van der Waals surface area contributed by atoms with Crippen LogP contribution in [0.4, 0.5) is 4.39 Å². The second-order valence-corrected chi connectivity index (χ2v) is 5.23. The zero-order chi connectivity index (χ0) is 12.7. The minimum atomic E-state index is -0.364. The van der Waals surface area contributed by atoms with Gasteiger partial charge in [-0.3, -0.25) is 4.79 Å². The Labute approximate surface area is 105 Å². The molecule has 0 aromatic heterocycles. The quantitative estimate of drug-likeness (QED) is 0.863. The molecule has 1 saturated carbocycles. The van der Waals surface area contributed by atoms with Gasteiger partial charge in [-0.05, 0) is 36.5 Å². The van der Waals surface area contributed by atoms with Gasteiger partial charge in [0, 0.05) is 19.0 Å². The second kappa shape index (κ2) is 4.35. The Bertz CT molecular complexity index is 459. The van der Waals surface area contributed by atoms with Gasteiger partial charge in [-0.1, -0.05) is 12.1 Å². The Kier molecular flexibility index (Phi) is 2.82. The number of aliphatic hydroxyl groups excluding tert-OH is 1. The van der Waals surface area contributed by atoms with Crippen LogP contribution in [0.25, 0.3) is 0 Å². The molecule has 4 heteroatoms. The van der Waals surface area contributed by atoms with E-state index in [-0.39, 0.29) is 29.7 Å². The number of nitrogens with zero attached hydrogens (tertiary/aromatic N) is 1. The van der Waals surface area contributed by atoms with E-state index in [2.05, 4.69) is 0 Å². The van der Waals surface area contributed by atoms with E-state index in [4.69, 9.17) is 0 Å². The van der Waals surface area contributed by atoms with Crippen LogP contribution in [-0.2, 0) is 4.79 Å². The lowest BCUT2D eigenvalue weighted by Crippen LogP contribution is -2.31. The lowest BCUT2D eigenvalue weighted by molar-refractivity contribution is -0.131. The van der Waals surface area contributed by atoms with E-state index >= 15 is 0 Å². The molecule has 1 aliphatic carbocycles. The highest BCUT2D eigenvalue weighted by molar-refractivity contribution is 5.83. The number of amides is 1. The summed E-state index contributed by atoms with van der Waals surface area (Å²) in [5, 5.41) is 9.43. The van der Waals surface area contributed by atoms with Crippen molar-refractivity contribution in [3.05, 3.63) is 35.6 Å². The van der Waals surface area contributed by atoms with Crippen LogP contribution < -0.4 is 0 Å². The first kappa shape index (κ1) is 11.7. The van der Waals surface area contributed by atoms with Crippen LogP contribution in [0.3, 0.4) is 0 Å². The maximum Gasteiger partial charge on any atom is 0.226 e. The van der Waals surface area contributed by atoms with Crippen molar-refractivity contribution >= 4 is 5.91 Å². The second-order valence-electron chi connectivity index (χ2n) is 5.23. The van der Waals surface area contributed by atoms with Crippen LogP contribution in [0, 0.1) is 11.7 Å². The van der Waals surface area contributed by atoms with E-state index in [0.717, 1.165) is 12.0 Å². The number of rotatable bonds is 2. The third-order valence-electron chi connectivity index (χ3n) is 3.88. The zero-order valence-electron chi connectivity index (χ0n) is 10.1. The number of aliphatic hydroxyl groups is 1. The topological polar surface area (TPSA) is 40.5 Å². The standard InChI is InChI=1S/C14H16FNO2/c15-10-3-1-9(2-4-10)12-7-13(12)14(18)16-6-5-11(17)8-16/h1-4,11-13,17H,5-8H2/t11-,12?,13?/m0/s1. The first-order valence-corrected chi connectivity index (χ1v) is 6.37. The maximum atomic E-state index is 12.8. The van der Waals surface area contributed by atoms with E-state index in [0.29, 0.717) is 19.5 Å². The van der Waals surface area contributed by atoms with Crippen molar-refractivity contribution in [1.29, 1.82) is 0 Å². The van der Waals surface area contributed by atoms with Crippen LogP contribution >= 0.6 is 0 Å². The van der Waals surface area contributed by atoms with E-state index in [9.17, 15) is 14.3 Å². The number of halogens is 1. The molecule has 3 atom stereocenters. The average Bonchev–Trinajstić information content (AvgIpc) is 3.04. The molecule has 1 N–H and O–H groups in total. The van der Waals surface area contributed by atoms with Gasteiger partial charge in [0.15, 0.2) is 0 Å². The minimum Gasteiger partial charge on any atom is -0.391 e. The molecule has 0 spiro atoms. The lowest BCUT2D eigenvalue weighted by Gasteiger charge is -2.15. The van der Waals surface area contributed by atoms with Crippen molar-refractivity contribution < 1.29 is 14.3 Å². The third-order valence-corrected chi connectivity index (χ3v) is 3.88. The van der Waals surface area contributed by atoms with E-state index in [1.807, 2.05) is 0 Å². The fourth-order valence-corrected chi connectivity index (χ4v) is 2.72. The molecule has 3 nitrogen and oxygen atoms in total. The van der Waals surface area contributed by atoms with Gasteiger partial charge in [-0.25, -0.2) is 4.39 Å². The molecule has 1 saturated heterocycles. The number of likely N-dealkylation sites (tertiary alicyclic amines) is 1. The highest BCUT2D eigenvalue weighted by atomic mass is 19.1. The van der Waals surface area contributed by atoms with Gasteiger partial charge in [-0.2, -0.15) is 0 Å². The smallest absolute Gasteiger partial charge is 0.226 e. The summed E-state index contributed by atoms with van der Waals surface area (Å²) in [6.45, 7) is 1.12. The Morgan fingerprint density at radius 2 is 2.06 bits per heavy atom. The monoisotopic (exact) mass is 249 g/mol. The van der Waals surface area contributed by atoms with Gasteiger partial charge >= 0.3 is 0 Å². The van der Waals surface area contributed by atoms with Crippen molar-refractivity contribution in [2.75, 3.05) is 13.1 Å². The minimum absolute atomic E-state index is 0.0285. The van der Waals surface area contributed by atoms with Gasteiger partial charge in [0.25, 0.3) is 0 Å². The molecule has 1 aromatic rings. The zero-order valence-corrected chi connectivity index (χ0v) is 10.1. The summed E-state index contributed by atoms with van der Waals surface area (Å²) in [4.78, 5) is 13.9. The van der Waals surface area contributed by atoms with Crippen LogP contribution in [0.1, 0.15) is 24.3 Å². The van der Waals surface area contributed by atoms with E-state index < -0.39 is 0 Å². The van der Waals surface area contributed by atoms with Crippen molar-refractivity contribution in [3.63, 3.8) is 0 Å². The number of β-amino-alcohol motifs (C(OH)–C–C–N with tert-alkyl or cyclic N) is 1. The molecular formula is C14H16FNO2. The molecule has 2 aliphatic rings. The number of carbonyl (C=O) groups is 1. The summed E-state index contributed by atoms with van der Waals surface area (Å²) in [6.07, 6.45) is 1.16. The van der Waals surface area contributed by atoms with Crippen molar-refractivity contribution in [3.8, 4) is 0 Å². The summed E-state index contributed by atoms with van der Waals surface area (Å²) < 4.78 is 12.8. The molecule has 1 heterocycles. The number of carbonyl (C=O) groups excluding carboxylic acids is 1. The van der Waals surface area contributed by atoms with Gasteiger partial charge in [0.1, 0.15) is 5.82 Å². The molecule has 18 heavy (non-hydrogen) atoms. The Morgan fingerprint density at radius 3 is 2.67 bits per heavy atom. The summed E-state index contributed by atoms with van der Waals surface area (Å²) in [5.41, 5.74) is 1.04. The molecule has 2 unspecified atom stereocenters. The van der Waals surface area contributed by atoms with E-state index in [1.54, 1.807) is 17.0 Å². The summed E-state index contributed by atoms with van der Waals surface area (Å²) in [6, 6.07) is 6.39. The van der Waals surface area contributed by atoms with Crippen LogP contribution in [0.5, 0.6) is 0 Å². The Hall–Kier alpha value is -1.42. The molecule has 0 bridgehead atoms. The Balaban J connectivity index is 1.63. The maximum absolute atomic E-state index is 12.8. The van der Waals surface area contributed by atoms with Crippen molar-refractivity contribution in [2.24, 2.45) is 5.92 Å². The number of hydrogen-bond acceptors (Lipinski definition) is 2. The highest BCUT2D eigenvalue weighted by Gasteiger charge is 2.46. The molecule has 1 aliphatic heterocycles. The van der Waals surface area contributed by atoms with Crippen LogP contribution in [0.15, 0.2) is 24.3 Å². The van der Waals surface area contributed by atoms with Crippen molar-refractivity contribution in [2.45, 2.75) is 24.9 Å². The summed E-state index contributed by atoms with van der Waals surface area (Å²) in [7, 11) is 0. The molecule has 2 fully saturated rings.